The van der Waals surface area contributed by atoms with Gasteiger partial charge in [0.1, 0.15) is 0 Å². The van der Waals surface area contributed by atoms with Crippen LogP contribution >= 0.6 is 34.8 Å². The lowest BCUT2D eigenvalue weighted by molar-refractivity contribution is -0.124. The van der Waals surface area contributed by atoms with Crippen molar-refractivity contribution in [2.45, 2.75) is 38.0 Å². The fraction of sp³-hybridized carbons (Fsp3) is 0.318. The van der Waals surface area contributed by atoms with Gasteiger partial charge >= 0.3 is 0 Å². The molecular weight excluding hydrogens is 429 g/mol. The number of carbonyl (C=O) groups excluding carboxylic acids is 1. The number of carbonyl (C=O) groups is 1. The summed E-state index contributed by atoms with van der Waals surface area (Å²) in [6.07, 6.45) is 1.60. The first-order valence-corrected chi connectivity index (χ1v) is 10.6. The molecule has 2 unspecified atom stereocenters. The van der Waals surface area contributed by atoms with Gasteiger partial charge in [0, 0.05) is 5.92 Å². The van der Waals surface area contributed by atoms with Crippen molar-refractivity contribution in [1.29, 1.82) is 0 Å². The highest BCUT2D eigenvalue weighted by atomic mass is 35.5. The van der Waals surface area contributed by atoms with Crippen molar-refractivity contribution >= 4 is 57.4 Å². The minimum absolute atomic E-state index is 0.0921. The predicted molar refractivity (Wildman–Crippen MR) is 117 cm³/mol. The smallest absolute Gasteiger partial charge is 0.237 e. The van der Waals surface area contributed by atoms with E-state index in [9.17, 15) is 4.79 Å². The van der Waals surface area contributed by atoms with E-state index in [-0.39, 0.29) is 17.2 Å². The molecule has 3 aromatic rings. The largest absolute Gasteiger partial charge is 0.324 e. The minimum atomic E-state index is -0.778. The highest BCUT2D eigenvalue weighted by Crippen LogP contribution is 2.67. The molecular formula is C22H18Cl3N3O. The Hall–Kier alpha value is -1.88. The molecule has 5 rings (SSSR count). The van der Waals surface area contributed by atoms with Crippen LogP contribution in [0.3, 0.4) is 0 Å². The van der Waals surface area contributed by atoms with Gasteiger partial charge in [-0.15, -0.1) is 0 Å². The molecule has 29 heavy (non-hydrogen) atoms. The highest BCUT2D eigenvalue weighted by Gasteiger charge is 2.67. The second-order valence-corrected chi connectivity index (χ2v) is 9.59. The molecule has 1 aromatic heterocycles. The number of nitrogens with zero attached hydrogens (tertiary/aromatic N) is 2. The predicted octanol–water partition coefficient (Wildman–Crippen LogP) is 6.38. The summed E-state index contributed by atoms with van der Waals surface area (Å²) in [4.78, 5) is 23.5. The SMILES string of the molecule is CC1(C)C2CCC1(C(=O)Nc1ccccc1Cl)c1nc3cc(Cl)c(Cl)cc3nc12. The Morgan fingerprint density at radius 1 is 1.03 bits per heavy atom. The summed E-state index contributed by atoms with van der Waals surface area (Å²) in [6.45, 7) is 4.26. The van der Waals surface area contributed by atoms with Crippen LogP contribution in [0.25, 0.3) is 11.0 Å². The van der Waals surface area contributed by atoms with Crippen molar-refractivity contribution in [2.75, 3.05) is 5.32 Å². The van der Waals surface area contributed by atoms with Crippen molar-refractivity contribution < 1.29 is 4.79 Å². The number of amides is 1. The molecule has 7 heteroatoms. The number of fused-ring (bicyclic) bond motifs is 6. The maximum atomic E-state index is 13.7. The van der Waals surface area contributed by atoms with Crippen LogP contribution in [0, 0.1) is 5.41 Å². The van der Waals surface area contributed by atoms with Crippen LogP contribution in [0.1, 0.15) is 44.0 Å². The molecule has 2 aromatic carbocycles. The summed E-state index contributed by atoms with van der Waals surface area (Å²) in [5, 5.41) is 4.43. The van der Waals surface area contributed by atoms with Crippen LogP contribution in [-0.4, -0.2) is 15.9 Å². The van der Waals surface area contributed by atoms with Crippen molar-refractivity contribution in [3.05, 3.63) is 62.9 Å². The number of hydrogen-bond donors (Lipinski definition) is 1. The van der Waals surface area contributed by atoms with Crippen molar-refractivity contribution in [1.82, 2.24) is 9.97 Å². The number of rotatable bonds is 2. The summed E-state index contributed by atoms with van der Waals surface area (Å²) in [7, 11) is 0. The van der Waals surface area contributed by atoms with Crippen LogP contribution in [0.15, 0.2) is 36.4 Å². The molecule has 0 radical (unpaired) electrons. The first-order chi connectivity index (χ1) is 13.8. The molecule has 1 amide bonds. The Balaban J connectivity index is 1.69. The Morgan fingerprint density at radius 3 is 2.38 bits per heavy atom. The fourth-order valence-corrected chi connectivity index (χ4v) is 5.67. The Kier molecular flexibility index (Phi) is 4.16. The lowest BCUT2D eigenvalue weighted by atomic mass is 9.67. The average molecular weight is 447 g/mol. The van der Waals surface area contributed by atoms with Crippen LogP contribution in [0.4, 0.5) is 5.69 Å². The number of nitrogens with one attached hydrogen (secondary N) is 1. The van der Waals surface area contributed by atoms with E-state index in [0.29, 0.717) is 31.8 Å². The Bertz CT molecular complexity index is 1190. The monoisotopic (exact) mass is 445 g/mol. The molecule has 1 N–H and O–H groups in total. The van der Waals surface area contributed by atoms with Crippen molar-refractivity contribution in [3.8, 4) is 0 Å². The number of halogens is 3. The highest BCUT2D eigenvalue weighted by molar-refractivity contribution is 6.42. The van der Waals surface area contributed by atoms with Crippen LogP contribution < -0.4 is 5.32 Å². The topological polar surface area (TPSA) is 54.9 Å². The molecule has 2 aliphatic carbocycles. The van der Waals surface area contributed by atoms with Gasteiger partial charge in [0.25, 0.3) is 0 Å². The van der Waals surface area contributed by atoms with Gasteiger partial charge in [-0.2, -0.15) is 0 Å². The van der Waals surface area contributed by atoms with Crippen molar-refractivity contribution in [2.24, 2.45) is 5.41 Å². The summed E-state index contributed by atoms with van der Waals surface area (Å²) in [6, 6.07) is 10.7. The van der Waals surface area contributed by atoms with Gasteiger partial charge < -0.3 is 5.32 Å². The molecule has 4 nitrogen and oxygen atoms in total. The lowest BCUT2D eigenvalue weighted by Gasteiger charge is -2.36. The summed E-state index contributed by atoms with van der Waals surface area (Å²) < 4.78 is 0. The van der Waals surface area contributed by atoms with Gasteiger partial charge in [-0.25, -0.2) is 9.97 Å². The first-order valence-electron chi connectivity index (χ1n) is 9.49. The van der Waals surface area contributed by atoms with E-state index in [0.717, 1.165) is 24.2 Å². The molecule has 148 valence electrons. The van der Waals surface area contributed by atoms with E-state index < -0.39 is 5.41 Å². The van der Waals surface area contributed by atoms with Gasteiger partial charge in [-0.3, -0.25) is 4.79 Å². The van der Waals surface area contributed by atoms with E-state index in [1.54, 1.807) is 24.3 Å². The summed E-state index contributed by atoms with van der Waals surface area (Å²) in [5.41, 5.74) is 2.47. The quantitative estimate of drug-likeness (QED) is 0.496. The molecule has 2 bridgehead atoms. The fourth-order valence-electron chi connectivity index (χ4n) is 5.17. The third-order valence-corrected chi connectivity index (χ3v) is 7.81. The van der Waals surface area contributed by atoms with E-state index in [2.05, 4.69) is 19.2 Å². The molecule has 1 saturated carbocycles. The maximum absolute atomic E-state index is 13.7. The molecule has 1 heterocycles. The van der Waals surface area contributed by atoms with Gasteiger partial charge in [0.05, 0.1) is 48.6 Å². The Labute approximate surface area is 183 Å². The lowest BCUT2D eigenvalue weighted by Crippen LogP contribution is -2.46. The number of hydrogen-bond acceptors (Lipinski definition) is 3. The molecule has 0 saturated heterocycles. The normalized spacial score (nSPS) is 24.0. The van der Waals surface area contributed by atoms with Gasteiger partial charge in [0.2, 0.25) is 5.91 Å². The third kappa shape index (κ3) is 2.49. The maximum Gasteiger partial charge on any atom is 0.237 e. The standard InChI is InChI=1S/C22H18Cl3N3O/c1-21(2)11-7-8-22(21,20(29)28-15-6-4-3-5-12(15)23)19-18(11)26-16-9-13(24)14(25)10-17(16)27-19/h3-6,9-11H,7-8H2,1-2H3,(H,28,29). The summed E-state index contributed by atoms with van der Waals surface area (Å²) >= 11 is 18.7. The first kappa shape index (κ1) is 19.1. The minimum Gasteiger partial charge on any atom is -0.324 e. The number of anilines is 1. The summed E-state index contributed by atoms with van der Waals surface area (Å²) in [5.74, 6) is 0.0615. The zero-order valence-corrected chi connectivity index (χ0v) is 18.2. The van der Waals surface area contributed by atoms with E-state index in [1.807, 2.05) is 12.1 Å². The van der Waals surface area contributed by atoms with Crippen molar-refractivity contribution in [3.63, 3.8) is 0 Å². The van der Waals surface area contributed by atoms with Crippen LogP contribution in [0.2, 0.25) is 15.1 Å². The van der Waals surface area contributed by atoms with Gasteiger partial charge in [-0.05, 0) is 42.5 Å². The van der Waals surface area contributed by atoms with E-state index >= 15 is 0 Å². The second kappa shape index (κ2) is 6.31. The zero-order valence-electron chi connectivity index (χ0n) is 15.9. The molecule has 2 aliphatic rings. The Morgan fingerprint density at radius 2 is 1.69 bits per heavy atom. The average Bonchev–Trinajstić information content (AvgIpc) is 3.04. The van der Waals surface area contributed by atoms with Gasteiger partial charge in [-0.1, -0.05) is 60.8 Å². The van der Waals surface area contributed by atoms with Crippen LogP contribution in [0.5, 0.6) is 0 Å². The molecule has 0 aliphatic heterocycles. The van der Waals surface area contributed by atoms with E-state index in [4.69, 9.17) is 44.8 Å². The zero-order chi connectivity index (χ0) is 20.6. The molecule has 2 atom stereocenters. The molecule has 0 spiro atoms. The second-order valence-electron chi connectivity index (χ2n) is 8.36. The third-order valence-electron chi connectivity index (χ3n) is 6.76. The number of benzene rings is 2. The van der Waals surface area contributed by atoms with E-state index in [1.165, 1.54) is 0 Å². The van der Waals surface area contributed by atoms with Crippen LogP contribution in [-0.2, 0) is 10.2 Å². The number of aromatic nitrogens is 2. The van der Waals surface area contributed by atoms with Gasteiger partial charge in [0.15, 0.2) is 0 Å². The molecule has 1 fully saturated rings. The number of para-hydroxylation sites is 1.